The number of benzene rings is 1. The van der Waals surface area contributed by atoms with Gasteiger partial charge in [0.15, 0.2) is 11.5 Å². The molecular formula is C15H14BrNO3S. The molecule has 1 amide bonds. The number of hydrogen-bond acceptors (Lipinski definition) is 4. The van der Waals surface area contributed by atoms with E-state index in [1.54, 1.807) is 0 Å². The summed E-state index contributed by atoms with van der Waals surface area (Å²) in [5.41, 5.74) is 0.962. The Balaban J connectivity index is 1.81. The van der Waals surface area contributed by atoms with Gasteiger partial charge in [-0.1, -0.05) is 22.0 Å². The van der Waals surface area contributed by atoms with Crippen LogP contribution in [-0.4, -0.2) is 19.1 Å². The number of carbonyl (C=O) groups is 1. The Hall–Kier alpha value is -1.53. The van der Waals surface area contributed by atoms with Crippen molar-refractivity contribution in [1.82, 2.24) is 5.32 Å². The van der Waals surface area contributed by atoms with Crippen molar-refractivity contribution in [3.63, 3.8) is 0 Å². The van der Waals surface area contributed by atoms with Crippen LogP contribution < -0.4 is 14.8 Å². The molecule has 2 heterocycles. The van der Waals surface area contributed by atoms with Crippen LogP contribution in [0.2, 0.25) is 0 Å². The Labute approximate surface area is 135 Å². The van der Waals surface area contributed by atoms with E-state index in [9.17, 15) is 4.79 Å². The number of thiophene rings is 1. The summed E-state index contributed by atoms with van der Waals surface area (Å²) in [6, 6.07) is 7.34. The van der Waals surface area contributed by atoms with E-state index in [1.165, 1.54) is 11.3 Å². The molecular weight excluding hydrogens is 354 g/mol. The minimum atomic E-state index is -0.134. The van der Waals surface area contributed by atoms with E-state index >= 15 is 0 Å². The molecule has 0 aliphatic carbocycles. The molecule has 0 spiro atoms. The second-order valence-corrected chi connectivity index (χ2v) is 6.49. The molecule has 6 heteroatoms. The topological polar surface area (TPSA) is 47.6 Å². The Morgan fingerprint density at radius 2 is 2.05 bits per heavy atom. The van der Waals surface area contributed by atoms with E-state index in [1.807, 2.05) is 36.6 Å². The predicted molar refractivity (Wildman–Crippen MR) is 85.3 cm³/mol. The van der Waals surface area contributed by atoms with Crippen molar-refractivity contribution in [1.29, 1.82) is 0 Å². The highest BCUT2D eigenvalue weighted by atomic mass is 79.9. The first-order valence-electron chi connectivity index (χ1n) is 6.58. The summed E-state index contributed by atoms with van der Waals surface area (Å²) in [6.07, 6.45) is 0. The van der Waals surface area contributed by atoms with Crippen molar-refractivity contribution in [2.24, 2.45) is 0 Å². The number of fused-ring (bicyclic) bond motifs is 1. The molecule has 1 aromatic carbocycles. The van der Waals surface area contributed by atoms with E-state index in [0.717, 1.165) is 21.5 Å². The maximum atomic E-state index is 12.1. The number of ether oxygens (including phenoxy) is 2. The highest BCUT2D eigenvalue weighted by molar-refractivity contribution is 9.10. The Morgan fingerprint density at radius 3 is 2.71 bits per heavy atom. The van der Waals surface area contributed by atoms with Crippen LogP contribution in [0.15, 0.2) is 34.1 Å². The summed E-state index contributed by atoms with van der Waals surface area (Å²) in [7, 11) is 0. The monoisotopic (exact) mass is 367 g/mol. The first-order chi connectivity index (χ1) is 10.1. The van der Waals surface area contributed by atoms with Crippen LogP contribution in [0.5, 0.6) is 11.5 Å². The highest BCUT2D eigenvalue weighted by Crippen LogP contribution is 2.37. The van der Waals surface area contributed by atoms with Crippen LogP contribution in [0.25, 0.3) is 0 Å². The van der Waals surface area contributed by atoms with E-state index in [-0.39, 0.29) is 11.9 Å². The van der Waals surface area contributed by atoms with Gasteiger partial charge in [-0.05, 0) is 36.1 Å². The van der Waals surface area contributed by atoms with Gasteiger partial charge >= 0.3 is 0 Å². The van der Waals surface area contributed by atoms with Gasteiger partial charge < -0.3 is 14.8 Å². The van der Waals surface area contributed by atoms with Crippen LogP contribution in [0, 0.1) is 0 Å². The highest BCUT2D eigenvalue weighted by Gasteiger charge is 2.19. The molecule has 4 nitrogen and oxygen atoms in total. The molecule has 0 radical (unpaired) electrons. The zero-order valence-electron chi connectivity index (χ0n) is 11.4. The molecule has 1 aliphatic rings. The van der Waals surface area contributed by atoms with Gasteiger partial charge in [-0.2, -0.15) is 0 Å². The van der Waals surface area contributed by atoms with Gasteiger partial charge in [-0.15, -0.1) is 11.3 Å². The third-order valence-corrected chi connectivity index (χ3v) is 4.78. The Bertz CT molecular complexity index is 657. The summed E-state index contributed by atoms with van der Waals surface area (Å²) in [5.74, 6) is 1.38. The number of hydrogen-bond donors (Lipinski definition) is 1. The fraction of sp³-hybridized carbons (Fsp3) is 0.267. The number of halogens is 1. The normalized spacial score (nSPS) is 14.6. The second-order valence-electron chi connectivity index (χ2n) is 4.69. The van der Waals surface area contributed by atoms with E-state index in [2.05, 4.69) is 21.2 Å². The van der Waals surface area contributed by atoms with Gasteiger partial charge in [0.05, 0.1) is 10.9 Å². The largest absolute Gasteiger partial charge is 0.486 e. The molecule has 1 atom stereocenters. The van der Waals surface area contributed by atoms with Crippen molar-refractivity contribution in [2.75, 3.05) is 13.2 Å². The molecule has 0 saturated carbocycles. The van der Waals surface area contributed by atoms with Crippen molar-refractivity contribution in [2.45, 2.75) is 13.0 Å². The number of carbonyl (C=O) groups excluding carboxylic acids is 1. The summed E-state index contributed by atoms with van der Waals surface area (Å²) >= 11 is 4.96. The standard InChI is InChI=1S/C15H14BrNO3S/c1-9(17-15(18)14-3-2-6-21-14)10-7-12-13(8-11(10)16)20-5-4-19-12/h2-3,6-9H,4-5H2,1H3,(H,17,18)/t9-/m0/s1. The number of rotatable bonds is 3. The summed E-state index contributed by atoms with van der Waals surface area (Å²) in [5, 5.41) is 4.88. The average molecular weight is 368 g/mol. The molecule has 3 rings (SSSR count). The molecule has 2 aromatic rings. The SMILES string of the molecule is C[C@H](NC(=O)c1cccs1)c1cc2c(cc1Br)OCCO2. The van der Waals surface area contributed by atoms with E-state index in [4.69, 9.17) is 9.47 Å². The summed E-state index contributed by atoms with van der Waals surface area (Å²) in [4.78, 5) is 12.8. The first-order valence-corrected chi connectivity index (χ1v) is 8.26. The lowest BCUT2D eigenvalue weighted by Gasteiger charge is -2.22. The molecule has 0 fully saturated rings. The fourth-order valence-electron chi connectivity index (χ4n) is 2.16. The fourth-order valence-corrected chi connectivity index (χ4v) is 3.46. The molecule has 110 valence electrons. The third-order valence-electron chi connectivity index (χ3n) is 3.22. The lowest BCUT2D eigenvalue weighted by molar-refractivity contribution is 0.0943. The zero-order valence-corrected chi connectivity index (χ0v) is 13.8. The van der Waals surface area contributed by atoms with Crippen molar-refractivity contribution in [3.8, 4) is 11.5 Å². The van der Waals surface area contributed by atoms with Crippen molar-refractivity contribution < 1.29 is 14.3 Å². The lowest BCUT2D eigenvalue weighted by Crippen LogP contribution is -2.26. The number of nitrogens with one attached hydrogen (secondary N) is 1. The zero-order chi connectivity index (χ0) is 14.8. The quantitative estimate of drug-likeness (QED) is 0.897. The maximum absolute atomic E-state index is 12.1. The molecule has 1 aromatic heterocycles. The second kappa shape index (κ2) is 6.07. The Kier molecular flexibility index (Phi) is 4.17. The molecule has 21 heavy (non-hydrogen) atoms. The molecule has 1 N–H and O–H groups in total. The van der Waals surface area contributed by atoms with E-state index < -0.39 is 0 Å². The van der Waals surface area contributed by atoms with Gasteiger partial charge in [-0.3, -0.25) is 4.79 Å². The summed E-state index contributed by atoms with van der Waals surface area (Å²) in [6.45, 7) is 3.05. The number of amides is 1. The minimum Gasteiger partial charge on any atom is -0.486 e. The van der Waals surface area contributed by atoms with Gasteiger partial charge in [0.2, 0.25) is 0 Å². The molecule has 1 aliphatic heterocycles. The molecule has 0 saturated heterocycles. The van der Waals surface area contributed by atoms with E-state index in [0.29, 0.717) is 18.1 Å². The first kappa shape index (κ1) is 14.4. The third kappa shape index (κ3) is 3.06. The average Bonchev–Trinajstić information content (AvgIpc) is 3.00. The summed E-state index contributed by atoms with van der Waals surface area (Å²) < 4.78 is 12.0. The van der Waals surface area contributed by atoms with Gasteiger partial charge in [0.25, 0.3) is 5.91 Å². The van der Waals surface area contributed by atoms with Gasteiger partial charge in [-0.25, -0.2) is 0 Å². The Morgan fingerprint density at radius 1 is 1.33 bits per heavy atom. The van der Waals surface area contributed by atoms with Crippen LogP contribution >= 0.6 is 27.3 Å². The van der Waals surface area contributed by atoms with Gasteiger partial charge in [0, 0.05) is 4.47 Å². The van der Waals surface area contributed by atoms with Crippen molar-refractivity contribution >= 4 is 33.2 Å². The minimum absolute atomic E-state index is 0.0701. The maximum Gasteiger partial charge on any atom is 0.261 e. The smallest absolute Gasteiger partial charge is 0.261 e. The molecule has 0 unspecified atom stereocenters. The predicted octanol–water partition coefficient (Wildman–Crippen LogP) is 3.77. The lowest BCUT2D eigenvalue weighted by atomic mass is 10.1. The van der Waals surface area contributed by atoms with Crippen molar-refractivity contribution in [3.05, 3.63) is 44.6 Å². The van der Waals surface area contributed by atoms with Gasteiger partial charge in [0.1, 0.15) is 13.2 Å². The molecule has 0 bridgehead atoms. The van der Waals surface area contributed by atoms with Crippen LogP contribution in [-0.2, 0) is 0 Å². The van der Waals surface area contributed by atoms with Crippen LogP contribution in [0.3, 0.4) is 0 Å². The van der Waals surface area contributed by atoms with Crippen LogP contribution in [0.4, 0.5) is 0 Å². The van der Waals surface area contributed by atoms with Crippen LogP contribution in [0.1, 0.15) is 28.2 Å².